The fourth-order valence-electron chi connectivity index (χ4n) is 3.64. The van der Waals surface area contributed by atoms with Gasteiger partial charge in [0.25, 0.3) is 5.91 Å². The number of carbonyl (C=O) groups is 2. The maximum atomic E-state index is 12.4. The second-order valence-corrected chi connectivity index (χ2v) is 7.87. The fourth-order valence-corrected chi connectivity index (χ4v) is 3.64. The molecule has 2 amide bonds. The van der Waals surface area contributed by atoms with Crippen LogP contribution in [0.2, 0.25) is 0 Å². The minimum Gasteiger partial charge on any atom is -0.497 e. The van der Waals surface area contributed by atoms with Crippen molar-refractivity contribution in [2.75, 3.05) is 13.7 Å². The third-order valence-corrected chi connectivity index (χ3v) is 5.21. The van der Waals surface area contributed by atoms with Crippen LogP contribution in [-0.2, 0) is 24.2 Å². The van der Waals surface area contributed by atoms with Crippen molar-refractivity contribution in [3.63, 3.8) is 0 Å². The van der Waals surface area contributed by atoms with Crippen molar-refractivity contribution in [1.82, 2.24) is 20.4 Å². The highest BCUT2D eigenvalue weighted by Crippen LogP contribution is 2.23. The minimum absolute atomic E-state index is 0.0460. The van der Waals surface area contributed by atoms with Crippen molar-refractivity contribution in [2.45, 2.75) is 52.1 Å². The molecular weight excluding hydrogens is 368 g/mol. The Labute approximate surface area is 171 Å². The molecule has 1 aliphatic rings. The van der Waals surface area contributed by atoms with Gasteiger partial charge in [-0.2, -0.15) is 5.10 Å². The van der Waals surface area contributed by atoms with Crippen LogP contribution in [0, 0.1) is 5.92 Å². The largest absolute Gasteiger partial charge is 0.497 e. The molecule has 1 atom stereocenters. The van der Waals surface area contributed by atoms with Crippen LogP contribution in [0.25, 0.3) is 0 Å². The summed E-state index contributed by atoms with van der Waals surface area (Å²) in [6, 6.07) is 7.87. The van der Waals surface area contributed by atoms with Gasteiger partial charge in [-0.05, 0) is 56.7 Å². The maximum Gasteiger partial charge on any atom is 0.254 e. The SMILES string of the molecule is COc1cccc(CCC(=O)NCC2CCn3ncc(C(=O)NC(C)C)c3C2)c1. The number of carbonyl (C=O) groups excluding carboxylic acids is 2. The molecule has 29 heavy (non-hydrogen) atoms. The second kappa shape index (κ2) is 9.58. The summed E-state index contributed by atoms with van der Waals surface area (Å²) < 4.78 is 7.14. The Kier molecular flexibility index (Phi) is 6.90. The van der Waals surface area contributed by atoms with E-state index in [9.17, 15) is 9.59 Å². The van der Waals surface area contributed by atoms with Crippen molar-refractivity contribution in [3.05, 3.63) is 47.3 Å². The Balaban J connectivity index is 1.49. The Morgan fingerprint density at radius 3 is 2.93 bits per heavy atom. The van der Waals surface area contributed by atoms with Gasteiger partial charge in [0.1, 0.15) is 5.75 Å². The molecule has 0 fully saturated rings. The molecule has 3 rings (SSSR count). The highest BCUT2D eigenvalue weighted by molar-refractivity contribution is 5.95. The number of nitrogens with zero attached hydrogens (tertiary/aromatic N) is 2. The average Bonchev–Trinajstić information content (AvgIpc) is 3.13. The number of aryl methyl sites for hydroxylation is 2. The van der Waals surface area contributed by atoms with Crippen molar-refractivity contribution in [2.24, 2.45) is 5.92 Å². The molecule has 1 unspecified atom stereocenters. The highest BCUT2D eigenvalue weighted by Gasteiger charge is 2.25. The minimum atomic E-state index is -0.0794. The van der Waals surface area contributed by atoms with Crippen LogP contribution in [0.3, 0.4) is 0 Å². The van der Waals surface area contributed by atoms with Gasteiger partial charge in [0, 0.05) is 25.6 Å². The molecule has 2 N–H and O–H groups in total. The summed E-state index contributed by atoms with van der Waals surface area (Å²) in [6.07, 6.45) is 4.47. The molecule has 2 heterocycles. The quantitative estimate of drug-likeness (QED) is 0.715. The van der Waals surface area contributed by atoms with Gasteiger partial charge in [0.05, 0.1) is 24.6 Å². The van der Waals surface area contributed by atoms with E-state index in [1.165, 1.54) is 0 Å². The number of amides is 2. The van der Waals surface area contributed by atoms with Gasteiger partial charge in [0.15, 0.2) is 0 Å². The monoisotopic (exact) mass is 398 g/mol. The molecule has 1 aromatic carbocycles. The highest BCUT2D eigenvalue weighted by atomic mass is 16.5. The van der Waals surface area contributed by atoms with Gasteiger partial charge in [-0.3, -0.25) is 14.3 Å². The predicted octanol–water partition coefficient (Wildman–Crippen LogP) is 2.34. The molecule has 7 heteroatoms. The molecule has 0 bridgehead atoms. The number of hydrogen-bond donors (Lipinski definition) is 2. The third kappa shape index (κ3) is 5.59. The zero-order chi connectivity index (χ0) is 20.8. The van der Waals surface area contributed by atoms with Crippen LogP contribution in [0.4, 0.5) is 0 Å². The van der Waals surface area contributed by atoms with Crippen molar-refractivity contribution >= 4 is 11.8 Å². The number of rotatable bonds is 8. The molecule has 0 saturated carbocycles. The van der Waals surface area contributed by atoms with E-state index in [-0.39, 0.29) is 17.9 Å². The topological polar surface area (TPSA) is 85.2 Å². The van der Waals surface area contributed by atoms with E-state index in [0.717, 1.165) is 36.4 Å². The normalized spacial score (nSPS) is 15.7. The average molecular weight is 399 g/mol. The summed E-state index contributed by atoms with van der Waals surface area (Å²) in [5.74, 6) is 1.08. The molecule has 156 valence electrons. The Bertz CT molecular complexity index is 859. The summed E-state index contributed by atoms with van der Waals surface area (Å²) in [5, 5.41) is 10.3. The first-order valence-corrected chi connectivity index (χ1v) is 10.2. The molecule has 0 saturated heterocycles. The predicted molar refractivity (Wildman–Crippen MR) is 111 cm³/mol. The molecule has 1 aliphatic heterocycles. The summed E-state index contributed by atoms with van der Waals surface area (Å²) in [7, 11) is 1.64. The Morgan fingerprint density at radius 2 is 2.17 bits per heavy atom. The number of aromatic nitrogens is 2. The fraction of sp³-hybridized carbons (Fsp3) is 0.500. The first-order valence-electron chi connectivity index (χ1n) is 10.2. The van der Waals surface area contributed by atoms with Crippen LogP contribution >= 0.6 is 0 Å². The van der Waals surface area contributed by atoms with E-state index in [1.807, 2.05) is 42.8 Å². The van der Waals surface area contributed by atoms with Crippen LogP contribution in [0.1, 0.15) is 48.3 Å². The van der Waals surface area contributed by atoms with E-state index >= 15 is 0 Å². The second-order valence-electron chi connectivity index (χ2n) is 7.87. The number of ether oxygens (including phenoxy) is 1. The summed E-state index contributed by atoms with van der Waals surface area (Å²) >= 11 is 0. The van der Waals surface area contributed by atoms with E-state index in [2.05, 4.69) is 15.7 Å². The summed E-state index contributed by atoms with van der Waals surface area (Å²) in [4.78, 5) is 24.7. The van der Waals surface area contributed by atoms with Gasteiger partial charge in [0.2, 0.25) is 5.91 Å². The lowest BCUT2D eigenvalue weighted by Crippen LogP contribution is -2.35. The number of methoxy groups -OCH3 is 1. The molecule has 2 aromatic rings. The lowest BCUT2D eigenvalue weighted by Gasteiger charge is -2.24. The molecule has 7 nitrogen and oxygen atoms in total. The maximum absolute atomic E-state index is 12.4. The smallest absolute Gasteiger partial charge is 0.254 e. The van der Waals surface area contributed by atoms with Gasteiger partial charge < -0.3 is 15.4 Å². The van der Waals surface area contributed by atoms with Crippen LogP contribution in [0.5, 0.6) is 5.75 Å². The number of benzene rings is 1. The third-order valence-electron chi connectivity index (χ3n) is 5.21. The van der Waals surface area contributed by atoms with Crippen LogP contribution < -0.4 is 15.4 Å². The molecule has 0 aliphatic carbocycles. The first kappa shape index (κ1) is 20.9. The first-order chi connectivity index (χ1) is 14.0. The Morgan fingerprint density at radius 1 is 1.34 bits per heavy atom. The van der Waals surface area contributed by atoms with Gasteiger partial charge in [-0.1, -0.05) is 12.1 Å². The molecular formula is C22H30N4O3. The van der Waals surface area contributed by atoms with Crippen LogP contribution in [-0.4, -0.2) is 41.3 Å². The lowest BCUT2D eigenvalue weighted by molar-refractivity contribution is -0.121. The number of nitrogens with one attached hydrogen (secondary N) is 2. The summed E-state index contributed by atoms with van der Waals surface area (Å²) in [5.41, 5.74) is 2.69. The zero-order valence-corrected chi connectivity index (χ0v) is 17.4. The lowest BCUT2D eigenvalue weighted by atomic mass is 9.94. The standard InChI is InChI=1S/C22H30N4O3/c1-15(2)25-22(28)19-14-24-26-10-9-17(12-20(19)26)13-23-21(27)8-7-16-5-4-6-18(11-16)29-3/h4-6,11,14-15,17H,7-10,12-13H2,1-3H3,(H,23,27)(H,25,28). The van der Waals surface area contributed by atoms with Gasteiger partial charge in [-0.25, -0.2) is 0 Å². The van der Waals surface area contributed by atoms with E-state index in [1.54, 1.807) is 13.3 Å². The van der Waals surface area contributed by atoms with E-state index in [4.69, 9.17) is 4.74 Å². The van der Waals surface area contributed by atoms with Gasteiger partial charge in [-0.15, -0.1) is 0 Å². The van der Waals surface area contributed by atoms with E-state index in [0.29, 0.717) is 30.9 Å². The van der Waals surface area contributed by atoms with Crippen molar-refractivity contribution in [1.29, 1.82) is 0 Å². The Hall–Kier alpha value is -2.83. The van der Waals surface area contributed by atoms with E-state index < -0.39 is 0 Å². The molecule has 0 spiro atoms. The molecule has 0 radical (unpaired) electrons. The number of hydrogen-bond acceptors (Lipinski definition) is 4. The zero-order valence-electron chi connectivity index (χ0n) is 17.4. The van der Waals surface area contributed by atoms with Crippen LogP contribution in [0.15, 0.2) is 30.5 Å². The van der Waals surface area contributed by atoms with Gasteiger partial charge >= 0.3 is 0 Å². The molecule has 1 aromatic heterocycles. The number of fused-ring (bicyclic) bond motifs is 1. The van der Waals surface area contributed by atoms with Crippen molar-refractivity contribution < 1.29 is 14.3 Å². The summed E-state index contributed by atoms with van der Waals surface area (Å²) in [6.45, 7) is 5.28. The van der Waals surface area contributed by atoms with Crippen molar-refractivity contribution in [3.8, 4) is 5.75 Å².